The van der Waals surface area contributed by atoms with Gasteiger partial charge in [-0.1, -0.05) is 0 Å². The highest BCUT2D eigenvalue weighted by molar-refractivity contribution is 7.89. The highest BCUT2D eigenvalue weighted by Gasteiger charge is 2.44. The second-order valence-corrected chi connectivity index (χ2v) is 8.99. The Balaban J connectivity index is 0.000000339. The highest BCUT2D eigenvalue weighted by Crippen LogP contribution is 2.35. The summed E-state index contributed by atoms with van der Waals surface area (Å²) in [6.07, 6.45) is -1.66. The van der Waals surface area contributed by atoms with Crippen LogP contribution < -0.4 is 4.90 Å². The average molecular weight is 462 g/mol. The first-order valence-electron chi connectivity index (χ1n) is 9.06. The van der Waals surface area contributed by atoms with Gasteiger partial charge in [0.2, 0.25) is 16.0 Å². The summed E-state index contributed by atoms with van der Waals surface area (Å²) in [5.74, 6) is -1.97. The van der Waals surface area contributed by atoms with E-state index in [4.69, 9.17) is 9.90 Å². The average Bonchev–Trinajstić information content (AvgIpc) is 3.28. The number of nitrogens with zero attached hydrogens (tertiary/aromatic N) is 4. The van der Waals surface area contributed by atoms with Crippen molar-refractivity contribution in [1.82, 2.24) is 14.3 Å². The minimum absolute atomic E-state index is 0.145. The molecule has 2 aliphatic rings. The van der Waals surface area contributed by atoms with Crippen molar-refractivity contribution in [2.75, 3.05) is 31.1 Å². The monoisotopic (exact) mass is 462 g/mol. The van der Waals surface area contributed by atoms with Gasteiger partial charge in [0.25, 0.3) is 0 Å². The van der Waals surface area contributed by atoms with Gasteiger partial charge in [0.15, 0.2) is 0 Å². The van der Waals surface area contributed by atoms with Gasteiger partial charge in [0, 0.05) is 38.6 Å². The lowest BCUT2D eigenvalue weighted by molar-refractivity contribution is -0.192. The second kappa shape index (κ2) is 8.75. The molecule has 2 fully saturated rings. The van der Waals surface area contributed by atoms with Crippen molar-refractivity contribution in [3.8, 4) is 0 Å². The highest BCUT2D eigenvalue weighted by atomic mass is 32.2. The summed E-state index contributed by atoms with van der Waals surface area (Å²) in [4.78, 5) is 19.7. The number of alkyl halides is 3. The predicted octanol–water partition coefficient (Wildman–Crippen LogP) is 2.01. The van der Waals surface area contributed by atoms with Crippen molar-refractivity contribution in [3.63, 3.8) is 0 Å². The summed E-state index contributed by atoms with van der Waals surface area (Å²) in [6, 6.07) is 6.78. The molecule has 0 bridgehead atoms. The van der Waals surface area contributed by atoms with E-state index in [1.165, 1.54) is 28.6 Å². The maximum atomic E-state index is 13.0. The van der Waals surface area contributed by atoms with Crippen LogP contribution >= 0.6 is 0 Å². The molecule has 31 heavy (non-hydrogen) atoms. The summed E-state index contributed by atoms with van der Waals surface area (Å²) in [5.41, 5.74) is 0. The van der Waals surface area contributed by atoms with Crippen LogP contribution in [0.3, 0.4) is 0 Å². The summed E-state index contributed by atoms with van der Waals surface area (Å²) in [7, 11) is -3.56. The Bertz CT molecular complexity index is 1010. The van der Waals surface area contributed by atoms with Gasteiger partial charge in [-0.05, 0) is 42.2 Å². The molecular weight excluding hydrogens is 444 g/mol. The summed E-state index contributed by atoms with van der Waals surface area (Å²) in [6.45, 7) is 2.47. The standard InChI is InChI=1S/C16H17FN4O2S.C2HF3O2/c17-14-2-4-15(5-3-14)24(22,23)21-10-12-8-20(9-13(12)11-21)16-18-6-1-7-19-16;3-2(4,5)1(6)7/h1-7,12-13H,8-11H2;(H,6,7)/t12-,13+;. The number of fused-ring (bicyclic) bond motifs is 1. The molecule has 1 aromatic carbocycles. The SMILES string of the molecule is O=C(O)C(F)(F)F.O=S(=O)(c1ccc(F)cc1)N1C[C@H]2CN(c3ncccn3)C[C@H]2C1. The Morgan fingerprint density at radius 3 is 1.94 bits per heavy atom. The van der Waals surface area contributed by atoms with E-state index in [2.05, 4.69) is 14.9 Å². The zero-order valence-corrected chi connectivity index (χ0v) is 16.7. The van der Waals surface area contributed by atoms with E-state index < -0.39 is 28.0 Å². The molecule has 0 amide bonds. The zero-order valence-electron chi connectivity index (χ0n) is 15.9. The minimum Gasteiger partial charge on any atom is -0.475 e. The van der Waals surface area contributed by atoms with Crippen molar-refractivity contribution in [1.29, 1.82) is 0 Å². The lowest BCUT2D eigenvalue weighted by Gasteiger charge is -2.21. The fourth-order valence-electron chi connectivity index (χ4n) is 3.52. The maximum Gasteiger partial charge on any atom is 0.490 e. The number of carbonyl (C=O) groups is 1. The molecule has 0 aliphatic carbocycles. The molecule has 2 saturated heterocycles. The molecule has 13 heteroatoms. The van der Waals surface area contributed by atoms with Crippen LogP contribution in [0.4, 0.5) is 23.5 Å². The van der Waals surface area contributed by atoms with Crippen molar-refractivity contribution in [2.24, 2.45) is 11.8 Å². The predicted molar refractivity (Wildman–Crippen MR) is 100 cm³/mol. The molecule has 4 rings (SSSR count). The number of halogens is 4. The number of anilines is 1. The third-order valence-corrected chi connectivity index (χ3v) is 6.83. The van der Waals surface area contributed by atoms with Gasteiger partial charge in [0.05, 0.1) is 4.90 Å². The molecule has 0 spiro atoms. The van der Waals surface area contributed by atoms with Crippen LogP contribution in [0.25, 0.3) is 0 Å². The first-order chi connectivity index (χ1) is 14.5. The topological polar surface area (TPSA) is 104 Å². The van der Waals surface area contributed by atoms with Gasteiger partial charge in [-0.25, -0.2) is 27.6 Å². The Labute approximate surface area is 175 Å². The van der Waals surface area contributed by atoms with Crippen LogP contribution in [0, 0.1) is 17.7 Å². The number of aliphatic carboxylic acids is 1. The molecule has 0 saturated carbocycles. The molecule has 8 nitrogen and oxygen atoms in total. The molecular formula is C18H18F4N4O4S. The Kier molecular flexibility index (Phi) is 6.46. The lowest BCUT2D eigenvalue weighted by Crippen LogP contribution is -2.33. The maximum absolute atomic E-state index is 13.0. The van der Waals surface area contributed by atoms with E-state index in [1.807, 2.05) is 0 Å². The van der Waals surface area contributed by atoms with Crippen LogP contribution in [0.2, 0.25) is 0 Å². The van der Waals surface area contributed by atoms with Crippen LogP contribution in [-0.4, -0.2) is 66.1 Å². The van der Waals surface area contributed by atoms with Gasteiger partial charge in [-0.2, -0.15) is 17.5 Å². The third-order valence-electron chi connectivity index (χ3n) is 4.98. The number of hydrogen-bond acceptors (Lipinski definition) is 6. The number of carboxylic acids is 1. The summed E-state index contributed by atoms with van der Waals surface area (Å²) < 4.78 is 71.7. The zero-order chi connectivity index (χ0) is 22.8. The fourth-order valence-corrected chi connectivity index (χ4v) is 5.07. The van der Waals surface area contributed by atoms with Crippen molar-refractivity contribution in [2.45, 2.75) is 11.1 Å². The number of aromatic nitrogens is 2. The van der Waals surface area contributed by atoms with E-state index in [-0.39, 0.29) is 16.7 Å². The Hall–Kier alpha value is -2.80. The molecule has 1 aromatic heterocycles. The number of carboxylic acid groups (broad SMARTS) is 1. The number of sulfonamides is 1. The molecule has 2 atom stereocenters. The van der Waals surface area contributed by atoms with E-state index in [9.17, 15) is 26.0 Å². The fraction of sp³-hybridized carbons (Fsp3) is 0.389. The van der Waals surface area contributed by atoms with Crippen LogP contribution in [-0.2, 0) is 14.8 Å². The third kappa shape index (κ3) is 5.28. The number of benzene rings is 1. The quantitative estimate of drug-likeness (QED) is 0.696. The first-order valence-corrected chi connectivity index (χ1v) is 10.5. The minimum atomic E-state index is -5.08. The van der Waals surface area contributed by atoms with Crippen molar-refractivity contribution < 1.29 is 35.9 Å². The van der Waals surface area contributed by atoms with Gasteiger partial charge >= 0.3 is 12.1 Å². The van der Waals surface area contributed by atoms with Gasteiger partial charge in [-0.3, -0.25) is 0 Å². The number of rotatable bonds is 3. The lowest BCUT2D eigenvalue weighted by atomic mass is 10.0. The van der Waals surface area contributed by atoms with E-state index in [0.29, 0.717) is 19.0 Å². The van der Waals surface area contributed by atoms with Crippen LogP contribution in [0.5, 0.6) is 0 Å². The van der Waals surface area contributed by atoms with Crippen molar-refractivity contribution in [3.05, 3.63) is 48.5 Å². The summed E-state index contributed by atoms with van der Waals surface area (Å²) in [5, 5.41) is 7.12. The summed E-state index contributed by atoms with van der Waals surface area (Å²) >= 11 is 0. The first kappa shape index (κ1) is 22.9. The smallest absolute Gasteiger partial charge is 0.475 e. The van der Waals surface area contributed by atoms with Crippen molar-refractivity contribution >= 4 is 21.9 Å². The van der Waals surface area contributed by atoms with Gasteiger partial charge < -0.3 is 10.0 Å². The van der Waals surface area contributed by atoms with Gasteiger partial charge in [-0.15, -0.1) is 0 Å². The number of hydrogen-bond donors (Lipinski definition) is 1. The molecule has 168 valence electrons. The molecule has 1 N–H and O–H groups in total. The van der Waals surface area contributed by atoms with Gasteiger partial charge in [0.1, 0.15) is 5.82 Å². The Morgan fingerprint density at radius 2 is 1.48 bits per heavy atom. The molecule has 0 unspecified atom stereocenters. The van der Waals surface area contributed by atoms with E-state index >= 15 is 0 Å². The molecule has 0 radical (unpaired) electrons. The van der Waals surface area contributed by atoms with Crippen LogP contribution in [0.15, 0.2) is 47.6 Å². The second-order valence-electron chi connectivity index (χ2n) is 7.05. The molecule has 3 heterocycles. The largest absolute Gasteiger partial charge is 0.490 e. The molecule has 2 aromatic rings. The van der Waals surface area contributed by atoms with Crippen LogP contribution in [0.1, 0.15) is 0 Å². The van der Waals surface area contributed by atoms with E-state index in [1.54, 1.807) is 18.5 Å². The Morgan fingerprint density at radius 1 is 1.00 bits per heavy atom. The molecule has 2 aliphatic heterocycles. The normalized spacial score (nSPS) is 21.4. The van der Waals surface area contributed by atoms with E-state index in [0.717, 1.165) is 13.1 Å².